The van der Waals surface area contributed by atoms with Gasteiger partial charge in [0.05, 0.1) is 0 Å². The van der Waals surface area contributed by atoms with Gasteiger partial charge in [-0.2, -0.15) is 0 Å². The highest BCUT2D eigenvalue weighted by Crippen LogP contribution is 1.71. The average molecular weight is 133 g/mol. The zero-order valence-corrected chi connectivity index (χ0v) is 6.48. The Morgan fingerprint density at radius 2 is 1.33 bits per heavy atom. The number of hydrazine groups is 1. The van der Waals surface area contributed by atoms with Crippen molar-refractivity contribution in [1.29, 1.82) is 0 Å². The first kappa shape index (κ1) is 11.6. The molecule has 0 aromatic rings. The van der Waals surface area contributed by atoms with Crippen LogP contribution in [-0.4, -0.2) is 13.1 Å². The zero-order valence-electron chi connectivity index (χ0n) is 6.48. The van der Waals surface area contributed by atoms with E-state index in [1.54, 1.807) is 0 Å². The number of hydrogen-bond acceptors (Lipinski definition) is 3. The minimum absolute atomic E-state index is 1.17. The zero-order chi connectivity index (χ0) is 7.54. The van der Waals surface area contributed by atoms with Crippen molar-refractivity contribution < 1.29 is 0 Å². The third kappa shape index (κ3) is 18.1. The van der Waals surface area contributed by atoms with Gasteiger partial charge in [-0.1, -0.05) is 13.8 Å². The lowest BCUT2D eigenvalue weighted by atomic mass is 10.4. The maximum atomic E-state index is 4.00. The molecule has 0 fully saturated rings. The Bertz CT molecular complexity index is 27.5. The topological polar surface area (TPSA) is 64.1 Å². The predicted molar refractivity (Wildman–Crippen MR) is 41.8 cm³/mol. The summed E-state index contributed by atoms with van der Waals surface area (Å²) in [6.45, 7) is 6.72. The monoisotopic (exact) mass is 133 g/mol. The number of hydrogen-bond donors (Lipinski definition) is 3. The summed E-state index contributed by atoms with van der Waals surface area (Å²) < 4.78 is 0. The van der Waals surface area contributed by atoms with Crippen molar-refractivity contribution in [1.82, 2.24) is 5.32 Å². The van der Waals surface area contributed by atoms with Crippen molar-refractivity contribution in [3.8, 4) is 0 Å². The third-order valence-electron chi connectivity index (χ3n) is 0.854. The van der Waals surface area contributed by atoms with Gasteiger partial charge in [0.1, 0.15) is 0 Å². The maximum absolute atomic E-state index is 4.00. The minimum Gasteiger partial charge on any atom is -0.317 e. The van der Waals surface area contributed by atoms with E-state index in [0.29, 0.717) is 0 Å². The summed E-state index contributed by atoms with van der Waals surface area (Å²) in [4.78, 5) is 0. The molecule has 0 bridgehead atoms. The minimum atomic E-state index is 1.17. The van der Waals surface area contributed by atoms with Crippen LogP contribution in [-0.2, 0) is 0 Å². The van der Waals surface area contributed by atoms with E-state index in [2.05, 4.69) is 30.8 Å². The van der Waals surface area contributed by atoms with Crippen LogP contribution in [0.15, 0.2) is 0 Å². The van der Waals surface area contributed by atoms with Gasteiger partial charge >= 0.3 is 0 Å². The van der Waals surface area contributed by atoms with Crippen molar-refractivity contribution in [2.75, 3.05) is 13.1 Å². The summed E-state index contributed by atoms with van der Waals surface area (Å²) in [7, 11) is 0. The van der Waals surface area contributed by atoms with Gasteiger partial charge in [-0.3, -0.25) is 11.7 Å². The molecule has 0 aliphatic carbocycles. The van der Waals surface area contributed by atoms with E-state index in [0.717, 1.165) is 0 Å². The molecule has 0 atom stereocenters. The molecule has 0 aromatic carbocycles. The van der Waals surface area contributed by atoms with E-state index >= 15 is 0 Å². The summed E-state index contributed by atoms with van der Waals surface area (Å²) >= 11 is 0. The average Bonchev–Trinajstić information content (AvgIpc) is 1.94. The number of nitrogens with two attached hydrogens (primary N) is 2. The van der Waals surface area contributed by atoms with Gasteiger partial charge in [0.2, 0.25) is 0 Å². The fourth-order valence-corrected chi connectivity index (χ4v) is 0.479. The van der Waals surface area contributed by atoms with Crippen molar-refractivity contribution in [2.24, 2.45) is 11.7 Å². The predicted octanol–water partition coefficient (Wildman–Crippen LogP) is 0.215. The van der Waals surface area contributed by atoms with Gasteiger partial charge < -0.3 is 5.32 Å². The van der Waals surface area contributed by atoms with Gasteiger partial charge in [-0.15, -0.1) is 0 Å². The normalized spacial score (nSPS) is 8.00. The molecular formula is C6H19N3. The third-order valence-corrected chi connectivity index (χ3v) is 0.854. The van der Waals surface area contributed by atoms with Gasteiger partial charge in [-0.25, -0.2) is 0 Å². The van der Waals surface area contributed by atoms with Crippen LogP contribution >= 0.6 is 0 Å². The quantitative estimate of drug-likeness (QED) is 0.292. The molecule has 0 aromatic heterocycles. The summed E-state index contributed by atoms with van der Waals surface area (Å²) in [5.41, 5.74) is 0. The first-order chi connectivity index (χ1) is 4.41. The molecule has 0 rings (SSSR count). The van der Waals surface area contributed by atoms with Crippen molar-refractivity contribution in [3.05, 3.63) is 0 Å². The second kappa shape index (κ2) is 15.7. The fourth-order valence-electron chi connectivity index (χ4n) is 0.479. The smallest absolute Gasteiger partial charge is 0.00516 e. The van der Waals surface area contributed by atoms with Crippen LogP contribution in [0, 0.1) is 0 Å². The molecule has 0 saturated heterocycles. The molecule has 0 amide bonds. The van der Waals surface area contributed by atoms with Crippen LogP contribution < -0.4 is 17.0 Å². The molecule has 58 valence electrons. The Morgan fingerprint density at radius 1 is 1.00 bits per heavy atom. The van der Waals surface area contributed by atoms with E-state index in [1.807, 2.05) is 0 Å². The fraction of sp³-hybridized carbons (Fsp3) is 1.00. The summed E-state index contributed by atoms with van der Waals surface area (Å²) in [6, 6.07) is 0. The van der Waals surface area contributed by atoms with Crippen LogP contribution in [0.2, 0.25) is 0 Å². The van der Waals surface area contributed by atoms with Crippen LogP contribution in [0.4, 0.5) is 0 Å². The molecule has 0 aliphatic rings. The van der Waals surface area contributed by atoms with Gasteiger partial charge in [-0.05, 0) is 25.9 Å². The molecular weight excluding hydrogens is 114 g/mol. The summed E-state index contributed by atoms with van der Waals surface area (Å²) in [6.07, 6.45) is 2.50. The lowest BCUT2D eigenvalue weighted by molar-refractivity contribution is 0.662. The Labute approximate surface area is 57.8 Å². The van der Waals surface area contributed by atoms with Gasteiger partial charge in [0, 0.05) is 0 Å². The van der Waals surface area contributed by atoms with Gasteiger partial charge in [0.25, 0.3) is 0 Å². The molecule has 0 spiro atoms. The summed E-state index contributed by atoms with van der Waals surface area (Å²) in [5.74, 6) is 8.00. The molecule has 0 heterocycles. The maximum Gasteiger partial charge on any atom is -0.00516 e. The van der Waals surface area contributed by atoms with E-state index < -0.39 is 0 Å². The highest BCUT2D eigenvalue weighted by atomic mass is 15.0. The first-order valence-electron chi connectivity index (χ1n) is 3.45. The molecule has 0 saturated carbocycles. The number of nitrogens with one attached hydrogen (secondary N) is 1. The van der Waals surface area contributed by atoms with Crippen LogP contribution in [0.5, 0.6) is 0 Å². The Morgan fingerprint density at radius 3 is 1.56 bits per heavy atom. The molecule has 0 radical (unpaired) electrons. The molecule has 3 heteroatoms. The van der Waals surface area contributed by atoms with Crippen LogP contribution in [0.3, 0.4) is 0 Å². The molecule has 0 unspecified atom stereocenters. The highest BCUT2D eigenvalue weighted by Gasteiger charge is 1.76. The molecule has 0 aliphatic heterocycles. The Kier molecular flexibility index (Phi) is 20.3. The lowest BCUT2D eigenvalue weighted by Gasteiger charge is -1.95. The van der Waals surface area contributed by atoms with E-state index in [4.69, 9.17) is 0 Å². The van der Waals surface area contributed by atoms with E-state index in [-0.39, 0.29) is 0 Å². The molecule has 9 heavy (non-hydrogen) atoms. The SMILES string of the molecule is CCCNCCC.NN. The van der Waals surface area contributed by atoms with Crippen molar-refractivity contribution in [3.63, 3.8) is 0 Å². The second-order valence-electron chi connectivity index (χ2n) is 1.75. The van der Waals surface area contributed by atoms with E-state index in [1.165, 1.54) is 25.9 Å². The van der Waals surface area contributed by atoms with E-state index in [9.17, 15) is 0 Å². The first-order valence-corrected chi connectivity index (χ1v) is 3.45. The summed E-state index contributed by atoms with van der Waals surface area (Å²) in [5, 5.41) is 3.28. The molecule has 5 N–H and O–H groups in total. The Hall–Kier alpha value is -0.120. The number of rotatable bonds is 4. The second-order valence-corrected chi connectivity index (χ2v) is 1.75. The van der Waals surface area contributed by atoms with Crippen molar-refractivity contribution >= 4 is 0 Å². The largest absolute Gasteiger partial charge is 0.317 e. The highest BCUT2D eigenvalue weighted by molar-refractivity contribution is 4.39. The van der Waals surface area contributed by atoms with Crippen molar-refractivity contribution in [2.45, 2.75) is 26.7 Å². The van der Waals surface area contributed by atoms with Crippen LogP contribution in [0.25, 0.3) is 0 Å². The van der Waals surface area contributed by atoms with Crippen LogP contribution in [0.1, 0.15) is 26.7 Å². The van der Waals surface area contributed by atoms with Gasteiger partial charge in [0.15, 0.2) is 0 Å². The lowest BCUT2D eigenvalue weighted by Crippen LogP contribution is -2.14. The Balaban J connectivity index is 0. The molecule has 3 nitrogen and oxygen atoms in total. The standard InChI is InChI=1S/C6H15N.H4N2/c1-3-5-7-6-4-2;1-2/h7H,3-6H2,1-2H3;1-2H2.